The Bertz CT molecular complexity index is 430. The van der Waals surface area contributed by atoms with Crippen molar-refractivity contribution in [2.75, 3.05) is 14.2 Å². The molecule has 1 aromatic rings. The van der Waals surface area contributed by atoms with Gasteiger partial charge in [-0.3, -0.25) is 0 Å². The van der Waals surface area contributed by atoms with Crippen LogP contribution in [0.5, 0.6) is 11.5 Å². The molecule has 0 heterocycles. The molecule has 1 aliphatic carbocycles. The van der Waals surface area contributed by atoms with E-state index in [-0.39, 0.29) is 5.41 Å². The fraction of sp³-hybridized carbons (Fsp3) is 0.462. The molecule has 0 amide bonds. The molecule has 0 spiro atoms. The second-order valence-electron chi connectivity index (χ2n) is 4.20. The lowest BCUT2D eigenvalue weighted by Crippen LogP contribution is -2.04. The van der Waals surface area contributed by atoms with Crippen molar-refractivity contribution in [3.05, 3.63) is 23.3 Å². The van der Waals surface area contributed by atoms with Gasteiger partial charge in [0.2, 0.25) is 0 Å². The van der Waals surface area contributed by atoms with Crippen molar-refractivity contribution >= 4 is 0 Å². The molecule has 3 heteroatoms. The molecule has 0 atom stereocenters. The van der Waals surface area contributed by atoms with Gasteiger partial charge in [-0.25, -0.2) is 0 Å². The van der Waals surface area contributed by atoms with Crippen LogP contribution in [0.3, 0.4) is 0 Å². The van der Waals surface area contributed by atoms with E-state index in [1.54, 1.807) is 14.2 Å². The average Bonchev–Trinajstić information content (AvgIpc) is 3.10. The summed E-state index contributed by atoms with van der Waals surface area (Å²) in [6, 6.07) is 6.28. The summed E-state index contributed by atoms with van der Waals surface area (Å²) in [5.41, 5.74) is 1.69. The van der Waals surface area contributed by atoms with E-state index in [2.05, 4.69) is 6.07 Å². The highest BCUT2D eigenvalue weighted by Crippen LogP contribution is 2.49. The van der Waals surface area contributed by atoms with Gasteiger partial charge >= 0.3 is 0 Å². The minimum Gasteiger partial charge on any atom is -0.496 e. The van der Waals surface area contributed by atoms with Crippen LogP contribution in [0.2, 0.25) is 0 Å². The van der Waals surface area contributed by atoms with E-state index in [0.29, 0.717) is 0 Å². The molecule has 1 saturated carbocycles. The average molecular weight is 217 g/mol. The summed E-state index contributed by atoms with van der Waals surface area (Å²) in [5, 5.41) is 9.17. The van der Waals surface area contributed by atoms with Gasteiger partial charge in [-0.05, 0) is 37.5 Å². The van der Waals surface area contributed by atoms with Crippen LogP contribution in [-0.4, -0.2) is 14.2 Å². The Labute approximate surface area is 95.6 Å². The van der Waals surface area contributed by atoms with Gasteiger partial charge in [-0.1, -0.05) is 0 Å². The van der Waals surface area contributed by atoms with E-state index in [0.717, 1.165) is 35.5 Å². The van der Waals surface area contributed by atoms with E-state index >= 15 is 0 Å². The molecule has 84 valence electrons. The molecule has 0 radical (unpaired) electrons. The molecule has 1 aliphatic rings. The normalized spacial score (nSPS) is 16.4. The van der Waals surface area contributed by atoms with Crippen molar-refractivity contribution in [1.82, 2.24) is 0 Å². The van der Waals surface area contributed by atoms with Gasteiger partial charge in [0.15, 0.2) is 0 Å². The van der Waals surface area contributed by atoms with E-state index in [1.807, 2.05) is 19.1 Å². The molecule has 1 fully saturated rings. The van der Waals surface area contributed by atoms with Gasteiger partial charge in [-0.2, -0.15) is 5.26 Å². The minimum absolute atomic E-state index is 0.297. The van der Waals surface area contributed by atoms with Gasteiger partial charge in [0.1, 0.15) is 11.5 Å². The van der Waals surface area contributed by atoms with Crippen LogP contribution in [0.25, 0.3) is 0 Å². The van der Waals surface area contributed by atoms with Crippen molar-refractivity contribution in [2.24, 2.45) is 0 Å². The third kappa shape index (κ3) is 1.51. The zero-order valence-electron chi connectivity index (χ0n) is 9.83. The van der Waals surface area contributed by atoms with Crippen LogP contribution < -0.4 is 9.47 Å². The van der Waals surface area contributed by atoms with Crippen LogP contribution in [0, 0.1) is 18.3 Å². The molecule has 3 nitrogen and oxygen atoms in total. The van der Waals surface area contributed by atoms with Crippen LogP contribution in [0.1, 0.15) is 24.0 Å². The van der Waals surface area contributed by atoms with Crippen LogP contribution in [-0.2, 0) is 5.41 Å². The highest BCUT2D eigenvalue weighted by atomic mass is 16.5. The van der Waals surface area contributed by atoms with Crippen molar-refractivity contribution < 1.29 is 9.47 Å². The Balaban J connectivity index is 2.53. The quantitative estimate of drug-likeness (QED) is 0.781. The van der Waals surface area contributed by atoms with Gasteiger partial charge in [0.25, 0.3) is 0 Å². The van der Waals surface area contributed by atoms with Crippen molar-refractivity contribution in [3.63, 3.8) is 0 Å². The van der Waals surface area contributed by atoms with E-state index in [9.17, 15) is 5.26 Å². The first-order chi connectivity index (χ1) is 7.66. The van der Waals surface area contributed by atoms with Gasteiger partial charge < -0.3 is 9.47 Å². The third-order valence-electron chi connectivity index (χ3n) is 3.27. The summed E-state index contributed by atoms with van der Waals surface area (Å²) >= 11 is 0. The van der Waals surface area contributed by atoms with E-state index in [1.165, 1.54) is 0 Å². The van der Waals surface area contributed by atoms with E-state index in [4.69, 9.17) is 9.47 Å². The topological polar surface area (TPSA) is 42.2 Å². The molecule has 0 aromatic heterocycles. The molecule has 0 bridgehead atoms. The molecule has 1 aromatic carbocycles. The first-order valence-corrected chi connectivity index (χ1v) is 5.31. The maximum Gasteiger partial charge on any atom is 0.125 e. The fourth-order valence-electron chi connectivity index (χ4n) is 1.95. The monoisotopic (exact) mass is 217 g/mol. The number of benzene rings is 1. The molecule has 0 saturated heterocycles. The Kier molecular flexibility index (Phi) is 2.51. The number of hydrogen-bond acceptors (Lipinski definition) is 3. The SMILES string of the molecule is COc1cc(C2(C#N)CC2)cc(OC)c1C. The molecule has 2 rings (SSSR count). The zero-order valence-corrected chi connectivity index (χ0v) is 9.83. The Morgan fingerprint density at radius 2 is 1.69 bits per heavy atom. The Morgan fingerprint density at radius 3 is 2.00 bits per heavy atom. The lowest BCUT2D eigenvalue weighted by atomic mass is 9.95. The predicted molar refractivity (Wildman–Crippen MR) is 60.8 cm³/mol. The largest absolute Gasteiger partial charge is 0.496 e. The molecule has 0 N–H and O–H groups in total. The molecular weight excluding hydrogens is 202 g/mol. The van der Waals surface area contributed by atoms with Crippen LogP contribution in [0.15, 0.2) is 12.1 Å². The minimum atomic E-state index is -0.297. The second kappa shape index (κ2) is 3.71. The van der Waals surface area contributed by atoms with Crippen molar-refractivity contribution in [1.29, 1.82) is 5.26 Å². The summed E-state index contributed by atoms with van der Waals surface area (Å²) < 4.78 is 10.6. The number of rotatable bonds is 3. The molecule has 16 heavy (non-hydrogen) atoms. The maximum atomic E-state index is 9.17. The number of nitrogens with zero attached hydrogens (tertiary/aromatic N) is 1. The second-order valence-corrected chi connectivity index (χ2v) is 4.20. The third-order valence-corrected chi connectivity index (χ3v) is 3.27. The maximum absolute atomic E-state index is 9.17. The lowest BCUT2D eigenvalue weighted by Gasteiger charge is -2.14. The highest BCUT2D eigenvalue weighted by molar-refractivity contribution is 5.52. The number of methoxy groups -OCH3 is 2. The molecule has 0 unspecified atom stereocenters. The summed E-state index contributed by atoms with van der Waals surface area (Å²) in [4.78, 5) is 0. The first-order valence-electron chi connectivity index (χ1n) is 5.31. The zero-order chi connectivity index (χ0) is 11.8. The van der Waals surface area contributed by atoms with Gasteiger partial charge in [0, 0.05) is 5.56 Å². The summed E-state index contributed by atoms with van der Waals surface area (Å²) in [6.45, 7) is 1.95. The molecular formula is C13H15NO2. The summed E-state index contributed by atoms with van der Waals surface area (Å²) in [7, 11) is 3.27. The molecule has 0 aliphatic heterocycles. The van der Waals surface area contributed by atoms with Crippen molar-refractivity contribution in [3.8, 4) is 17.6 Å². The fourth-order valence-corrected chi connectivity index (χ4v) is 1.95. The first kappa shape index (κ1) is 10.8. The Morgan fingerprint density at radius 1 is 1.19 bits per heavy atom. The summed E-state index contributed by atoms with van der Waals surface area (Å²) in [5.74, 6) is 1.58. The van der Waals surface area contributed by atoms with Crippen LogP contribution >= 0.6 is 0 Å². The standard InChI is InChI=1S/C13H15NO2/c1-9-11(15-2)6-10(7-12(9)16-3)13(8-14)4-5-13/h6-7H,4-5H2,1-3H3. The Hall–Kier alpha value is -1.69. The highest BCUT2D eigenvalue weighted by Gasteiger charge is 2.45. The van der Waals surface area contributed by atoms with Crippen LogP contribution in [0.4, 0.5) is 0 Å². The van der Waals surface area contributed by atoms with E-state index < -0.39 is 0 Å². The summed E-state index contributed by atoms with van der Waals surface area (Å²) in [6.07, 6.45) is 1.86. The van der Waals surface area contributed by atoms with Crippen molar-refractivity contribution in [2.45, 2.75) is 25.2 Å². The predicted octanol–water partition coefficient (Wildman–Crippen LogP) is 2.57. The number of nitriles is 1. The number of hydrogen-bond donors (Lipinski definition) is 0. The number of ether oxygens (including phenoxy) is 2. The van der Waals surface area contributed by atoms with Gasteiger partial charge in [0.05, 0.1) is 25.7 Å². The van der Waals surface area contributed by atoms with Gasteiger partial charge in [-0.15, -0.1) is 0 Å². The lowest BCUT2D eigenvalue weighted by molar-refractivity contribution is 0.387. The smallest absolute Gasteiger partial charge is 0.125 e.